The van der Waals surface area contributed by atoms with E-state index in [1.807, 2.05) is 13.0 Å². The Labute approximate surface area is 166 Å². The fraction of sp³-hybridized carbons (Fsp3) is 0.0500. The Bertz CT molecular complexity index is 1000. The molecule has 136 valence electrons. The third-order valence-electron chi connectivity index (χ3n) is 3.72. The van der Waals surface area contributed by atoms with E-state index in [1.54, 1.807) is 42.5 Å². The highest BCUT2D eigenvalue weighted by Gasteiger charge is 2.16. The van der Waals surface area contributed by atoms with Gasteiger partial charge in [-0.2, -0.15) is 0 Å². The average Bonchev–Trinajstić information content (AvgIpc) is 2.65. The molecule has 0 fully saturated rings. The van der Waals surface area contributed by atoms with Gasteiger partial charge >= 0.3 is 0 Å². The molecule has 1 heterocycles. The first kappa shape index (κ1) is 18.9. The van der Waals surface area contributed by atoms with Crippen LogP contribution in [0, 0.1) is 6.92 Å². The smallest absolute Gasteiger partial charge is 0.258 e. The third kappa shape index (κ3) is 4.84. The highest BCUT2D eigenvalue weighted by atomic mass is 35.5. The number of carbonyl (C=O) groups excluding carboxylic acids is 2. The van der Waals surface area contributed by atoms with E-state index < -0.39 is 5.91 Å². The lowest BCUT2D eigenvalue weighted by atomic mass is 10.1. The maximum absolute atomic E-state index is 12.7. The molecule has 5 nitrogen and oxygen atoms in total. The fourth-order valence-corrected chi connectivity index (χ4v) is 2.71. The van der Waals surface area contributed by atoms with Crippen LogP contribution in [0.2, 0.25) is 10.0 Å². The molecule has 7 heteroatoms. The van der Waals surface area contributed by atoms with Crippen molar-refractivity contribution in [1.82, 2.24) is 4.98 Å². The summed E-state index contributed by atoms with van der Waals surface area (Å²) >= 11 is 11.8. The van der Waals surface area contributed by atoms with Gasteiger partial charge < -0.3 is 10.6 Å². The molecule has 3 aromatic rings. The minimum Gasteiger partial charge on any atom is -0.321 e. The molecule has 3 rings (SSSR count). The monoisotopic (exact) mass is 399 g/mol. The van der Waals surface area contributed by atoms with Crippen LogP contribution in [-0.4, -0.2) is 16.8 Å². The van der Waals surface area contributed by atoms with Crippen molar-refractivity contribution in [2.45, 2.75) is 6.92 Å². The van der Waals surface area contributed by atoms with Gasteiger partial charge in [-0.15, -0.1) is 0 Å². The lowest BCUT2D eigenvalue weighted by Crippen LogP contribution is -2.18. The van der Waals surface area contributed by atoms with Crippen molar-refractivity contribution < 1.29 is 9.59 Å². The van der Waals surface area contributed by atoms with Crippen LogP contribution in [0.1, 0.15) is 26.3 Å². The van der Waals surface area contributed by atoms with E-state index in [2.05, 4.69) is 15.6 Å². The van der Waals surface area contributed by atoms with Crippen LogP contribution >= 0.6 is 23.2 Å². The Hall–Kier alpha value is -2.89. The molecule has 0 bridgehead atoms. The van der Waals surface area contributed by atoms with Crippen LogP contribution in [0.5, 0.6) is 0 Å². The van der Waals surface area contributed by atoms with Gasteiger partial charge in [0, 0.05) is 16.8 Å². The van der Waals surface area contributed by atoms with E-state index in [9.17, 15) is 9.59 Å². The van der Waals surface area contributed by atoms with E-state index in [1.165, 1.54) is 12.3 Å². The molecule has 0 atom stereocenters. The largest absolute Gasteiger partial charge is 0.321 e. The first-order valence-corrected chi connectivity index (χ1v) is 8.78. The number of carbonyl (C=O) groups is 2. The van der Waals surface area contributed by atoms with Gasteiger partial charge in [0.05, 0.1) is 16.3 Å². The molecule has 0 aliphatic heterocycles. The lowest BCUT2D eigenvalue weighted by Gasteiger charge is -2.12. The zero-order valence-electron chi connectivity index (χ0n) is 14.3. The van der Waals surface area contributed by atoms with Gasteiger partial charge in [0.25, 0.3) is 11.8 Å². The van der Waals surface area contributed by atoms with Crippen molar-refractivity contribution in [2.24, 2.45) is 0 Å². The topological polar surface area (TPSA) is 71.1 Å². The third-order valence-corrected chi connectivity index (χ3v) is 4.18. The molecule has 0 aliphatic carbocycles. The molecule has 0 saturated carbocycles. The van der Waals surface area contributed by atoms with Crippen molar-refractivity contribution in [3.8, 4) is 0 Å². The maximum atomic E-state index is 12.7. The maximum Gasteiger partial charge on any atom is 0.258 e. The van der Waals surface area contributed by atoms with Gasteiger partial charge in [-0.1, -0.05) is 40.9 Å². The molecule has 0 saturated heterocycles. The number of nitrogens with one attached hydrogen (secondary N) is 2. The van der Waals surface area contributed by atoms with Gasteiger partial charge in [-0.3, -0.25) is 9.59 Å². The number of anilines is 2. The number of benzene rings is 2. The number of hydrogen-bond donors (Lipinski definition) is 2. The number of pyridine rings is 1. The molecular weight excluding hydrogens is 385 g/mol. The minimum absolute atomic E-state index is 0.222. The molecule has 0 spiro atoms. The van der Waals surface area contributed by atoms with Crippen LogP contribution in [-0.2, 0) is 0 Å². The van der Waals surface area contributed by atoms with Gasteiger partial charge in [0.15, 0.2) is 0 Å². The van der Waals surface area contributed by atoms with E-state index >= 15 is 0 Å². The van der Waals surface area contributed by atoms with Crippen molar-refractivity contribution in [3.63, 3.8) is 0 Å². The summed E-state index contributed by atoms with van der Waals surface area (Å²) in [6.07, 6.45) is 1.43. The van der Waals surface area contributed by atoms with Crippen LogP contribution < -0.4 is 10.6 Å². The van der Waals surface area contributed by atoms with Crippen LogP contribution in [0.25, 0.3) is 0 Å². The Kier molecular flexibility index (Phi) is 5.74. The van der Waals surface area contributed by atoms with Gasteiger partial charge in [-0.25, -0.2) is 4.98 Å². The summed E-state index contributed by atoms with van der Waals surface area (Å²) in [5, 5.41) is 6.25. The molecule has 2 amide bonds. The van der Waals surface area contributed by atoms with E-state index in [0.717, 1.165) is 5.56 Å². The predicted octanol–water partition coefficient (Wildman–Crippen LogP) is 5.20. The highest BCUT2D eigenvalue weighted by Crippen LogP contribution is 2.23. The number of amides is 2. The van der Waals surface area contributed by atoms with Crippen molar-refractivity contribution in [1.29, 1.82) is 0 Å². The van der Waals surface area contributed by atoms with Crippen LogP contribution in [0.4, 0.5) is 11.5 Å². The van der Waals surface area contributed by atoms with Crippen molar-refractivity contribution >= 4 is 46.5 Å². The predicted molar refractivity (Wildman–Crippen MR) is 108 cm³/mol. The van der Waals surface area contributed by atoms with E-state index in [-0.39, 0.29) is 11.5 Å². The van der Waals surface area contributed by atoms with Crippen LogP contribution in [0.3, 0.4) is 0 Å². The molecular formula is C20H15Cl2N3O2. The van der Waals surface area contributed by atoms with Gasteiger partial charge in [0.2, 0.25) is 0 Å². The summed E-state index contributed by atoms with van der Waals surface area (Å²) in [5.41, 5.74) is 2.03. The zero-order chi connectivity index (χ0) is 19.4. The fourth-order valence-electron chi connectivity index (χ4n) is 2.43. The first-order valence-electron chi connectivity index (χ1n) is 8.03. The SMILES string of the molecule is Cc1cccc(C(=O)Nc2ccc(Cl)cc2C(=O)Nc2ccc(Cl)cn2)c1. The Morgan fingerprint density at radius 1 is 0.889 bits per heavy atom. The molecule has 27 heavy (non-hydrogen) atoms. The second-order valence-corrected chi connectivity index (χ2v) is 6.70. The summed E-state index contributed by atoms with van der Waals surface area (Å²) in [6, 6.07) is 15.0. The number of aryl methyl sites for hydroxylation is 1. The number of halogens is 2. The standard InChI is InChI=1S/C20H15Cl2N3O2/c1-12-3-2-4-13(9-12)19(26)24-17-7-5-14(21)10-16(17)20(27)25-18-8-6-15(22)11-23-18/h2-11H,1H3,(H,24,26)(H,23,25,27). The molecule has 0 aliphatic rings. The summed E-state index contributed by atoms with van der Waals surface area (Å²) in [7, 11) is 0. The van der Waals surface area contributed by atoms with Crippen LogP contribution in [0.15, 0.2) is 60.8 Å². The molecule has 1 aromatic heterocycles. The van der Waals surface area contributed by atoms with Gasteiger partial charge in [0.1, 0.15) is 5.82 Å². The second-order valence-electron chi connectivity index (χ2n) is 5.83. The number of nitrogens with zero attached hydrogens (tertiary/aromatic N) is 1. The minimum atomic E-state index is -0.452. The highest BCUT2D eigenvalue weighted by molar-refractivity contribution is 6.31. The zero-order valence-corrected chi connectivity index (χ0v) is 15.8. The Morgan fingerprint density at radius 3 is 2.37 bits per heavy atom. The molecule has 2 N–H and O–H groups in total. The second kappa shape index (κ2) is 8.20. The summed E-state index contributed by atoms with van der Waals surface area (Å²) < 4.78 is 0. The molecule has 0 unspecified atom stereocenters. The van der Waals surface area contributed by atoms with E-state index in [4.69, 9.17) is 23.2 Å². The normalized spacial score (nSPS) is 10.3. The quantitative estimate of drug-likeness (QED) is 0.632. The average molecular weight is 400 g/mol. The summed E-state index contributed by atoms with van der Waals surface area (Å²) in [6.45, 7) is 1.90. The first-order chi connectivity index (χ1) is 12.9. The van der Waals surface area contributed by atoms with Crippen molar-refractivity contribution in [2.75, 3.05) is 10.6 Å². The van der Waals surface area contributed by atoms with E-state index in [0.29, 0.717) is 27.1 Å². The number of aromatic nitrogens is 1. The summed E-state index contributed by atoms with van der Waals surface area (Å²) in [4.78, 5) is 29.2. The number of hydrogen-bond acceptors (Lipinski definition) is 3. The van der Waals surface area contributed by atoms with Crippen molar-refractivity contribution in [3.05, 3.63) is 87.5 Å². The number of rotatable bonds is 4. The molecule has 0 radical (unpaired) electrons. The Morgan fingerprint density at radius 2 is 1.67 bits per heavy atom. The summed E-state index contributed by atoms with van der Waals surface area (Å²) in [5.74, 6) is -0.438. The lowest BCUT2D eigenvalue weighted by molar-refractivity contribution is 0.102. The Balaban J connectivity index is 1.85. The molecule has 2 aromatic carbocycles. The van der Waals surface area contributed by atoms with Gasteiger partial charge in [-0.05, 0) is 49.4 Å².